The molecular formula is C16H16FN7O. The highest BCUT2D eigenvalue weighted by Crippen LogP contribution is 2.23. The van der Waals surface area contributed by atoms with Crippen LogP contribution in [0, 0.1) is 11.7 Å². The quantitative estimate of drug-likeness (QED) is 0.777. The molecule has 8 nitrogen and oxygen atoms in total. The Hall–Kier alpha value is -3.10. The Morgan fingerprint density at radius 1 is 1.12 bits per heavy atom. The topological polar surface area (TPSA) is 88.3 Å². The van der Waals surface area contributed by atoms with Gasteiger partial charge in [0.2, 0.25) is 5.91 Å². The van der Waals surface area contributed by atoms with Gasteiger partial charge in [0.1, 0.15) is 5.82 Å². The zero-order valence-corrected chi connectivity index (χ0v) is 13.3. The number of carbonyl (C=O) groups excluding carboxylic acids is 1. The third-order valence-electron chi connectivity index (χ3n) is 4.36. The van der Waals surface area contributed by atoms with Crippen molar-refractivity contribution in [2.24, 2.45) is 5.92 Å². The number of piperidine rings is 1. The maximum Gasteiger partial charge on any atom is 0.227 e. The van der Waals surface area contributed by atoms with Crippen LogP contribution in [0.25, 0.3) is 5.65 Å². The van der Waals surface area contributed by atoms with Crippen LogP contribution in [0.3, 0.4) is 0 Å². The normalized spacial score (nSPS) is 15.5. The van der Waals surface area contributed by atoms with Gasteiger partial charge < -0.3 is 10.2 Å². The smallest absolute Gasteiger partial charge is 0.227 e. The Balaban J connectivity index is 1.37. The summed E-state index contributed by atoms with van der Waals surface area (Å²) < 4.78 is 14.3. The van der Waals surface area contributed by atoms with E-state index in [0.717, 1.165) is 31.7 Å². The van der Waals surface area contributed by atoms with E-state index in [2.05, 4.69) is 30.8 Å². The number of rotatable bonds is 3. The molecule has 0 unspecified atom stereocenters. The number of tetrazole rings is 1. The van der Waals surface area contributed by atoms with Crippen molar-refractivity contribution in [3.05, 3.63) is 42.2 Å². The van der Waals surface area contributed by atoms with Crippen molar-refractivity contribution >= 4 is 23.1 Å². The number of benzene rings is 1. The average molecular weight is 341 g/mol. The molecule has 0 saturated carbocycles. The van der Waals surface area contributed by atoms with Gasteiger partial charge in [-0.1, -0.05) is 0 Å². The molecular weight excluding hydrogens is 325 g/mol. The molecule has 2 aromatic heterocycles. The molecule has 0 aliphatic carbocycles. The number of anilines is 2. The number of nitrogens with one attached hydrogen (secondary N) is 1. The van der Waals surface area contributed by atoms with Crippen LogP contribution in [0.4, 0.5) is 15.9 Å². The van der Waals surface area contributed by atoms with Gasteiger partial charge in [-0.05, 0) is 59.7 Å². The Bertz CT molecular complexity index is 887. The van der Waals surface area contributed by atoms with E-state index in [0.29, 0.717) is 11.3 Å². The van der Waals surface area contributed by atoms with E-state index in [1.807, 2.05) is 12.1 Å². The first-order valence-electron chi connectivity index (χ1n) is 8.06. The van der Waals surface area contributed by atoms with Gasteiger partial charge >= 0.3 is 0 Å². The van der Waals surface area contributed by atoms with Crippen LogP contribution in [-0.2, 0) is 4.79 Å². The molecule has 1 saturated heterocycles. The molecule has 1 amide bonds. The maximum atomic E-state index is 12.9. The summed E-state index contributed by atoms with van der Waals surface area (Å²) in [6, 6.07) is 9.49. The number of aromatic nitrogens is 5. The predicted octanol–water partition coefficient (Wildman–Crippen LogP) is 1.51. The summed E-state index contributed by atoms with van der Waals surface area (Å²) in [4.78, 5) is 14.5. The lowest BCUT2D eigenvalue weighted by Gasteiger charge is -2.31. The Morgan fingerprint density at radius 2 is 1.88 bits per heavy atom. The number of carbonyl (C=O) groups is 1. The Kier molecular flexibility index (Phi) is 3.96. The molecule has 9 heteroatoms. The van der Waals surface area contributed by atoms with E-state index in [9.17, 15) is 9.18 Å². The van der Waals surface area contributed by atoms with E-state index in [1.165, 1.54) is 16.8 Å². The molecule has 4 rings (SSSR count). The number of hydrogen-bond donors (Lipinski definition) is 1. The van der Waals surface area contributed by atoms with Gasteiger partial charge in [-0.25, -0.2) is 4.39 Å². The first kappa shape index (κ1) is 15.4. The molecule has 0 atom stereocenters. The number of fused-ring (bicyclic) bond motifs is 1. The lowest BCUT2D eigenvalue weighted by atomic mass is 9.96. The highest BCUT2D eigenvalue weighted by molar-refractivity contribution is 5.92. The molecule has 1 fully saturated rings. The van der Waals surface area contributed by atoms with Crippen molar-refractivity contribution in [1.29, 1.82) is 0 Å². The van der Waals surface area contributed by atoms with Crippen molar-refractivity contribution in [3.8, 4) is 0 Å². The zero-order chi connectivity index (χ0) is 17.2. The minimum atomic E-state index is -0.321. The van der Waals surface area contributed by atoms with Crippen LogP contribution in [0.5, 0.6) is 0 Å². The molecule has 1 aliphatic rings. The van der Waals surface area contributed by atoms with E-state index >= 15 is 0 Å². The minimum Gasteiger partial charge on any atom is -0.355 e. The third-order valence-corrected chi connectivity index (χ3v) is 4.36. The van der Waals surface area contributed by atoms with Crippen molar-refractivity contribution in [2.45, 2.75) is 12.8 Å². The molecule has 128 valence electrons. The minimum absolute atomic E-state index is 0.0323. The predicted molar refractivity (Wildman–Crippen MR) is 88.5 cm³/mol. The van der Waals surface area contributed by atoms with Crippen LogP contribution in [0.1, 0.15) is 12.8 Å². The fourth-order valence-electron chi connectivity index (χ4n) is 2.96. The standard InChI is InChI=1S/C16H16FN7O/c17-12-1-3-13(4-2-12)18-16(25)11-7-9-23(10-8-11)15-6-5-14-19-21-22-24(14)20-15/h1-6,11H,7-10H2,(H,18,25). The highest BCUT2D eigenvalue weighted by Gasteiger charge is 2.26. The number of amides is 1. The summed E-state index contributed by atoms with van der Waals surface area (Å²) in [5, 5.41) is 18.4. The molecule has 1 aliphatic heterocycles. The first-order chi connectivity index (χ1) is 12.2. The monoisotopic (exact) mass is 341 g/mol. The summed E-state index contributed by atoms with van der Waals surface area (Å²) in [6.07, 6.45) is 1.45. The Morgan fingerprint density at radius 3 is 2.64 bits per heavy atom. The number of nitrogens with zero attached hydrogens (tertiary/aromatic N) is 6. The Labute approximate surface area is 142 Å². The summed E-state index contributed by atoms with van der Waals surface area (Å²) in [7, 11) is 0. The second-order valence-electron chi connectivity index (χ2n) is 5.98. The lowest BCUT2D eigenvalue weighted by molar-refractivity contribution is -0.120. The fraction of sp³-hybridized carbons (Fsp3) is 0.312. The molecule has 1 aromatic carbocycles. The molecule has 3 aromatic rings. The summed E-state index contributed by atoms with van der Waals surface area (Å²) in [5.74, 6) is 0.365. The van der Waals surface area contributed by atoms with Gasteiger partial charge in [-0.15, -0.1) is 14.8 Å². The SMILES string of the molecule is O=C(Nc1ccc(F)cc1)C1CCN(c2ccc3nnnn3n2)CC1. The second-order valence-corrected chi connectivity index (χ2v) is 5.98. The lowest BCUT2D eigenvalue weighted by Crippen LogP contribution is -2.38. The van der Waals surface area contributed by atoms with Gasteiger partial charge in [0, 0.05) is 24.7 Å². The maximum absolute atomic E-state index is 12.9. The van der Waals surface area contributed by atoms with Crippen LogP contribution >= 0.6 is 0 Å². The van der Waals surface area contributed by atoms with Crippen LogP contribution in [0.15, 0.2) is 36.4 Å². The highest BCUT2D eigenvalue weighted by atomic mass is 19.1. The van der Waals surface area contributed by atoms with E-state index in [-0.39, 0.29) is 17.6 Å². The van der Waals surface area contributed by atoms with Crippen LogP contribution in [-0.4, -0.2) is 44.3 Å². The largest absolute Gasteiger partial charge is 0.355 e. The van der Waals surface area contributed by atoms with E-state index in [1.54, 1.807) is 12.1 Å². The number of hydrogen-bond acceptors (Lipinski definition) is 6. The van der Waals surface area contributed by atoms with Crippen LogP contribution in [0.2, 0.25) is 0 Å². The van der Waals surface area contributed by atoms with Crippen molar-refractivity contribution in [2.75, 3.05) is 23.3 Å². The van der Waals surface area contributed by atoms with Crippen molar-refractivity contribution < 1.29 is 9.18 Å². The molecule has 25 heavy (non-hydrogen) atoms. The van der Waals surface area contributed by atoms with E-state index in [4.69, 9.17) is 0 Å². The molecule has 0 radical (unpaired) electrons. The second kappa shape index (κ2) is 6.42. The van der Waals surface area contributed by atoms with Gasteiger partial charge in [0.05, 0.1) is 0 Å². The molecule has 0 spiro atoms. The number of halogens is 1. The van der Waals surface area contributed by atoms with Gasteiger partial charge in [-0.3, -0.25) is 4.79 Å². The third kappa shape index (κ3) is 3.25. The van der Waals surface area contributed by atoms with E-state index < -0.39 is 0 Å². The summed E-state index contributed by atoms with van der Waals surface area (Å²) in [5.41, 5.74) is 1.21. The zero-order valence-electron chi connectivity index (χ0n) is 13.3. The van der Waals surface area contributed by atoms with Gasteiger partial charge in [0.15, 0.2) is 11.5 Å². The first-order valence-corrected chi connectivity index (χ1v) is 8.06. The van der Waals surface area contributed by atoms with Crippen LogP contribution < -0.4 is 10.2 Å². The molecule has 3 heterocycles. The van der Waals surface area contributed by atoms with Crippen molar-refractivity contribution in [1.82, 2.24) is 25.3 Å². The fourth-order valence-corrected chi connectivity index (χ4v) is 2.96. The summed E-state index contributed by atoms with van der Waals surface area (Å²) >= 11 is 0. The molecule has 1 N–H and O–H groups in total. The summed E-state index contributed by atoms with van der Waals surface area (Å²) in [6.45, 7) is 1.45. The van der Waals surface area contributed by atoms with Crippen molar-refractivity contribution in [3.63, 3.8) is 0 Å². The average Bonchev–Trinajstić information content (AvgIpc) is 3.11. The van der Waals surface area contributed by atoms with Gasteiger partial charge in [0.25, 0.3) is 0 Å². The molecule has 0 bridgehead atoms. The van der Waals surface area contributed by atoms with Gasteiger partial charge in [-0.2, -0.15) is 0 Å².